The molecule has 0 aliphatic rings. The van der Waals surface area contributed by atoms with Crippen LogP contribution in [0.4, 0.5) is 8.78 Å². The van der Waals surface area contributed by atoms with Crippen LogP contribution in [0.25, 0.3) is 0 Å². The molecule has 0 spiro atoms. The molecule has 4 heteroatoms. The van der Waals surface area contributed by atoms with Crippen LogP contribution in [0.15, 0.2) is 12.3 Å². The van der Waals surface area contributed by atoms with Crippen molar-refractivity contribution in [3.8, 4) is 0 Å². The monoisotopic (exact) mass is 185 g/mol. The van der Waals surface area contributed by atoms with E-state index in [1.807, 2.05) is 0 Å². The lowest BCUT2D eigenvalue weighted by Crippen LogP contribution is -2.10. The molecule has 1 aromatic heterocycles. The van der Waals surface area contributed by atoms with Gasteiger partial charge in [0, 0.05) is 12.0 Å². The third kappa shape index (κ3) is 2.08. The fourth-order valence-electron chi connectivity index (χ4n) is 0.913. The molecule has 0 aliphatic carbocycles. The van der Waals surface area contributed by atoms with Crippen LogP contribution < -0.4 is 0 Å². The van der Waals surface area contributed by atoms with E-state index < -0.39 is 17.5 Å². The van der Waals surface area contributed by atoms with Crippen LogP contribution >= 0.6 is 0 Å². The summed E-state index contributed by atoms with van der Waals surface area (Å²) in [5, 5.41) is 0. The largest absolute Gasteiger partial charge is 0.294 e. The van der Waals surface area contributed by atoms with Gasteiger partial charge >= 0.3 is 0 Å². The van der Waals surface area contributed by atoms with E-state index >= 15 is 0 Å². The molecule has 13 heavy (non-hydrogen) atoms. The van der Waals surface area contributed by atoms with Crippen molar-refractivity contribution >= 4 is 5.78 Å². The van der Waals surface area contributed by atoms with Crippen LogP contribution in [0.5, 0.6) is 0 Å². The fraction of sp³-hybridized carbons (Fsp3) is 0.333. The molecular weight excluding hydrogens is 176 g/mol. The summed E-state index contributed by atoms with van der Waals surface area (Å²) in [6, 6.07) is 0.817. The minimum atomic E-state index is -0.842. The lowest BCUT2D eigenvalue weighted by molar-refractivity contribution is 0.0934. The summed E-state index contributed by atoms with van der Waals surface area (Å²) in [6.07, 6.45) is 0.713. The molecule has 1 aromatic rings. The van der Waals surface area contributed by atoms with Gasteiger partial charge in [-0.1, -0.05) is 13.8 Å². The molecule has 1 heterocycles. The summed E-state index contributed by atoms with van der Waals surface area (Å²) >= 11 is 0. The summed E-state index contributed by atoms with van der Waals surface area (Å²) in [6.45, 7) is 3.25. The predicted molar refractivity (Wildman–Crippen MR) is 43.3 cm³/mol. The Bertz CT molecular complexity index is 336. The van der Waals surface area contributed by atoms with E-state index in [2.05, 4.69) is 4.98 Å². The minimum Gasteiger partial charge on any atom is -0.294 e. The normalized spacial score (nSPS) is 10.5. The van der Waals surface area contributed by atoms with Gasteiger partial charge < -0.3 is 0 Å². The Hall–Kier alpha value is -1.32. The number of rotatable bonds is 2. The molecule has 0 saturated heterocycles. The maximum absolute atomic E-state index is 12.9. The number of aromatic nitrogens is 1. The highest BCUT2D eigenvalue weighted by molar-refractivity contribution is 5.97. The maximum Gasteiger partial charge on any atom is 0.213 e. The van der Waals surface area contributed by atoms with Crippen molar-refractivity contribution in [1.82, 2.24) is 4.98 Å². The van der Waals surface area contributed by atoms with Crippen molar-refractivity contribution in [3.63, 3.8) is 0 Å². The van der Waals surface area contributed by atoms with Gasteiger partial charge in [-0.2, -0.15) is 4.39 Å². The van der Waals surface area contributed by atoms with E-state index in [1.165, 1.54) is 0 Å². The van der Waals surface area contributed by atoms with Gasteiger partial charge in [-0.3, -0.25) is 4.79 Å². The van der Waals surface area contributed by atoms with Gasteiger partial charge in [-0.25, -0.2) is 9.37 Å². The molecule has 0 N–H and O–H groups in total. The Kier molecular flexibility index (Phi) is 2.70. The zero-order valence-corrected chi connectivity index (χ0v) is 7.34. The van der Waals surface area contributed by atoms with Gasteiger partial charge in [0.1, 0.15) is 0 Å². The first-order valence-electron chi connectivity index (χ1n) is 3.87. The topological polar surface area (TPSA) is 30.0 Å². The molecule has 0 aliphatic heterocycles. The van der Waals surface area contributed by atoms with Gasteiger partial charge in [0.2, 0.25) is 5.95 Å². The number of nitrogens with zero attached hydrogens (tertiary/aromatic N) is 1. The lowest BCUT2D eigenvalue weighted by atomic mass is 10.0. The maximum atomic E-state index is 12.9. The van der Waals surface area contributed by atoms with Gasteiger partial charge in [-0.15, -0.1) is 0 Å². The highest BCUT2D eigenvalue weighted by Crippen LogP contribution is 2.12. The molecular formula is C9H9F2NO. The van der Waals surface area contributed by atoms with E-state index in [9.17, 15) is 13.6 Å². The Balaban J connectivity index is 3.13. The van der Waals surface area contributed by atoms with Crippen LogP contribution in [-0.4, -0.2) is 10.8 Å². The Morgan fingerprint density at radius 3 is 2.62 bits per heavy atom. The van der Waals surface area contributed by atoms with E-state index in [-0.39, 0.29) is 11.5 Å². The van der Waals surface area contributed by atoms with Crippen LogP contribution in [0.3, 0.4) is 0 Å². The molecule has 0 amide bonds. The third-order valence-electron chi connectivity index (χ3n) is 1.61. The number of Topliss-reactive ketones (excluding diaryl/α,β-unsaturated/α-hetero) is 1. The first-order valence-corrected chi connectivity index (χ1v) is 3.87. The number of carbonyl (C=O) groups excluding carboxylic acids is 1. The van der Waals surface area contributed by atoms with Crippen molar-refractivity contribution in [1.29, 1.82) is 0 Å². The quantitative estimate of drug-likeness (QED) is 0.522. The molecule has 70 valence electrons. The number of pyridine rings is 1. The Morgan fingerprint density at radius 2 is 2.08 bits per heavy atom. The molecule has 1 rings (SSSR count). The minimum absolute atomic E-state index is 0.234. The third-order valence-corrected chi connectivity index (χ3v) is 1.61. The average molecular weight is 185 g/mol. The van der Waals surface area contributed by atoms with Crippen molar-refractivity contribution < 1.29 is 13.6 Å². The van der Waals surface area contributed by atoms with Crippen LogP contribution in [-0.2, 0) is 0 Å². The average Bonchev–Trinajstić information content (AvgIpc) is 2.08. The summed E-state index contributed by atoms with van der Waals surface area (Å²) in [7, 11) is 0. The number of ketones is 1. The molecule has 0 aromatic carbocycles. The van der Waals surface area contributed by atoms with Gasteiger partial charge in [-0.05, 0) is 0 Å². The summed E-state index contributed by atoms with van der Waals surface area (Å²) < 4.78 is 25.5. The molecule has 0 radical (unpaired) electrons. The Labute approximate surface area is 74.6 Å². The van der Waals surface area contributed by atoms with Crippen molar-refractivity contribution in [2.24, 2.45) is 5.92 Å². The van der Waals surface area contributed by atoms with Gasteiger partial charge in [0.25, 0.3) is 0 Å². The number of hydrogen-bond acceptors (Lipinski definition) is 2. The highest BCUT2D eigenvalue weighted by atomic mass is 19.1. The summed E-state index contributed by atoms with van der Waals surface area (Å²) in [4.78, 5) is 14.4. The van der Waals surface area contributed by atoms with Crippen molar-refractivity contribution in [3.05, 3.63) is 29.6 Å². The zero-order chi connectivity index (χ0) is 10.0. The first kappa shape index (κ1) is 9.77. The number of carbonyl (C=O) groups is 1. The smallest absolute Gasteiger partial charge is 0.213 e. The summed E-state index contributed by atoms with van der Waals surface area (Å²) in [5.41, 5.74) is -0.234. The molecule has 0 unspecified atom stereocenters. The molecule has 0 atom stereocenters. The number of halogens is 2. The molecule has 0 bridgehead atoms. The van der Waals surface area contributed by atoms with Crippen molar-refractivity contribution in [2.45, 2.75) is 13.8 Å². The van der Waals surface area contributed by atoms with Gasteiger partial charge in [0.15, 0.2) is 11.6 Å². The van der Waals surface area contributed by atoms with E-state index in [1.54, 1.807) is 13.8 Å². The fourth-order valence-corrected chi connectivity index (χ4v) is 0.913. The Morgan fingerprint density at radius 1 is 1.46 bits per heavy atom. The zero-order valence-electron chi connectivity index (χ0n) is 7.34. The number of hydrogen-bond donors (Lipinski definition) is 0. The second kappa shape index (κ2) is 3.60. The standard InChI is InChI=1S/C9H9F2NO/c1-5(2)9(13)6-3-8(11)12-4-7(6)10/h3-5H,1-2H3. The lowest BCUT2D eigenvalue weighted by Gasteiger charge is -2.04. The predicted octanol–water partition coefficient (Wildman–Crippen LogP) is 2.20. The molecule has 2 nitrogen and oxygen atoms in total. The van der Waals surface area contributed by atoms with Gasteiger partial charge in [0.05, 0.1) is 11.8 Å². The van der Waals surface area contributed by atoms with Crippen molar-refractivity contribution in [2.75, 3.05) is 0 Å². The van der Waals surface area contributed by atoms with Crippen LogP contribution in [0.1, 0.15) is 24.2 Å². The SMILES string of the molecule is CC(C)C(=O)c1cc(F)ncc1F. The second-order valence-corrected chi connectivity index (χ2v) is 3.01. The van der Waals surface area contributed by atoms with Crippen LogP contribution in [0, 0.1) is 17.7 Å². The van der Waals surface area contributed by atoms with E-state index in [4.69, 9.17) is 0 Å². The second-order valence-electron chi connectivity index (χ2n) is 3.01. The highest BCUT2D eigenvalue weighted by Gasteiger charge is 2.16. The van der Waals surface area contributed by atoms with Crippen LogP contribution in [0.2, 0.25) is 0 Å². The molecule has 0 saturated carbocycles. The van der Waals surface area contributed by atoms with E-state index in [0.717, 1.165) is 6.07 Å². The van der Waals surface area contributed by atoms with E-state index in [0.29, 0.717) is 6.20 Å². The summed E-state index contributed by atoms with van der Waals surface area (Å²) in [5.74, 6) is -2.39. The first-order chi connectivity index (χ1) is 6.02. The molecule has 0 fully saturated rings.